The second kappa shape index (κ2) is 14.9. The van der Waals surface area contributed by atoms with E-state index in [9.17, 15) is 19.8 Å². The van der Waals surface area contributed by atoms with E-state index in [1.165, 1.54) is 12.3 Å². The third-order valence-electron chi connectivity index (χ3n) is 10.1. The lowest BCUT2D eigenvalue weighted by Crippen LogP contribution is -2.66. The summed E-state index contributed by atoms with van der Waals surface area (Å²) in [6, 6.07) is 19.3. The Kier molecular flexibility index (Phi) is 11.4. The smallest absolute Gasteiger partial charge is 0.335 e. The molecule has 11 nitrogen and oxygen atoms in total. The Morgan fingerprint density at radius 3 is 2.00 bits per heavy atom. The lowest BCUT2D eigenvalue weighted by atomic mass is 9.92. The highest BCUT2D eigenvalue weighted by atomic mass is 28.5. The summed E-state index contributed by atoms with van der Waals surface area (Å²) in [6.45, 7) is 16.6. The lowest BCUT2D eigenvalue weighted by Gasteiger charge is -2.51. The molecule has 0 unspecified atom stereocenters. The molecule has 0 spiro atoms. The summed E-state index contributed by atoms with van der Waals surface area (Å²) in [4.78, 5) is 27.4. The van der Waals surface area contributed by atoms with E-state index in [1.54, 1.807) is 30.3 Å². The zero-order valence-corrected chi connectivity index (χ0v) is 31.8. The Morgan fingerprint density at radius 2 is 1.43 bits per heavy atom. The standard InChI is InChI=1S/C36H52N2O9Si2/c1-24(2)48(25(3)4)44-22-30-32(46-49(47-48,26(5)6)27(7)8)34(41)36(45-30,33(40)29-17-13-10-14-18-29)38-20-19-31(39)37(35(38)42)23-43-21-28-15-11-9-12-16-28/h9-20,24-27,30,32-34,40-41H,21-23H2,1-8H3/t30-,32-,33+,34-,36-/m1/s1. The van der Waals surface area contributed by atoms with Gasteiger partial charge in [0.25, 0.3) is 5.56 Å². The number of fused-ring (bicyclic) bond motifs is 1. The first-order chi connectivity index (χ1) is 23.2. The number of hydrogen-bond donors (Lipinski definition) is 2. The van der Waals surface area contributed by atoms with Gasteiger partial charge >= 0.3 is 22.8 Å². The first kappa shape index (κ1) is 37.5. The van der Waals surface area contributed by atoms with Gasteiger partial charge in [0, 0.05) is 12.3 Å². The van der Waals surface area contributed by atoms with Gasteiger partial charge in [-0.05, 0) is 33.3 Å². The minimum absolute atomic E-state index is 0.0167. The maximum Gasteiger partial charge on any atom is 0.335 e. The van der Waals surface area contributed by atoms with Crippen LogP contribution in [0.25, 0.3) is 0 Å². The van der Waals surface area contributed by atoms with Gasteiger partial charge in [-0.15, -0.1) is 0 Å². The van der Waals surface area contributed by atoms with Crippen molar-refractivity contribution in [3.63, 3.8) is 0 Å². The maximum atomic E-state index is 14.3. The third kappa shape index (κ3) is 6.73. The molecule has 0 radical (unpaired) electrons. The molecule has 2 saturated heterocycles. The van der Waals surface area contributed by atoms with Crippen LogP contribution in [0.3, 0.4) is 0 Å². The minimum Gasteiger partial charge on any atom is -0.414 e. The zero-order valence-electron chi connectivity index (χ0n) is 29.8. The summed E-state index contributed by atoms with van der Waals surface area (Å²) >= 11 is 0. The second-order valence-electron chi connectivity index (χ2n) is 14.4. The molecule has 2 aromatic carbocycles. The Balaban J connectivity index is 1.65. The van der Waals surface area contributed by atoms with Gasteiger partial charge in [0.1, 0.15) is 31.1 Å². The average Bonchev–Trinajstić information content (AvgIpc) is 3.33. The molecule has 49 heavy (non-hydrogen) atoms. The molecule has 0 saturated carbocycles. The summed E-state index contributed by atoms with van der Waals surface area (Å²) in [5.74, 6) is 0. The molecule has 3 heterocycles. The number of hydrogen-bond acceptors (Lipinski definition) is 9. The average molecular weight is 713 g/mol. The Bertz CT molecular complexity index is 1650. The molecule has 3 aromatic rings. The van der Waals surface area contributed by atoms with Crippen molar-refractivity contribution in [3.05, 3.63) is 105 Å². The van der Waals surface area contributed by atoms with Crippen molar-refractivity contribution >= 4 is 17.1 Å². The molecule has 2 fully saturated rings. The van der Waals surface area contributed by atoms with Gasteiger partial charge in [-0.2, -0.15) is 0 Å². The van der Waals surface area contributed by atoms with Crippen LogP contribution < -0.4 is 11.2 Å². The summed E-state index contributed by atoms with van der Waals surface area (Å²) < 4.78 is 36.0. The van der Waals surface area contributed by atoms with Crippen LogP contribution in [0.1, 0.15) is 72.6 Å². The number of rotatable bonds is 11. The number of aromatic nitrogens is 2. The molecule has 5 rings (SSSR count). The van der Waals surface area contributed by atoms with Crippen LogP contribution in [0.15, 0.2) is 82.5 Å². The molecule has 0 amide bonds. The van der Waals surface area contributed by atoms with Gasteiger partial charge in [0.2, 0.25) is 5.72 Å². The van der Waals surface area contributed by atoms with E-state index >= 15 is 0 Å². The second-order valence-corrected chi connectivity index (χ2v) is 23.3. The SMILES string of the molecule is CC(C)[Si]1(C(C)C)OC[C@H]2O[C@@]([C@@H](O)c3ccccc3)(n3ccc(=O)n(COCc4ccccc4)c3=O)[C@H](O)[C@@H]2O[Si](C(C)C)(C(C)C)O1. The molecule has 13 heteroatoms. The van der Waals surface area contributed by atoms with Crippen molar-refractivity contribution in [3.8, 4) is 0 Å². The first-order valence-electron chi connectivity index (χ1n) is 17.3. The molecule has 268 valence electrons. The highest BCUT2D eigenvalue weighted by Gasteiger charge is 2.67. The van der Waals surface area contributed by atoms with Crippen molar-refractivity contribution in [2.75, 3.05) is 6.61 Å². The van der Waals surface area contributed by atoms with Gasteiger partial charge in [0.05, 0.1) is 13.2 Å². The van der Waals surface area contributed by atoms with Crippen LogP contribution in [0.2, 0.25) is 22.2 Å². The highest BCUT2D eigenvalue weighted by molar-refractivity contribution is 6.84. The zero-order chi connectivity index (χ0) is 35.7. The van der Waals surface area contributed by atoms with Gasteiger partial charge in [-0.25, -0.2) is 9.36 Å². The van der Waals surface area contributed by atoms with Crippen LogP contribution in [-0.2, 0) is 41.5 Å². The molecule has 5 atom stereocenters. The first-order valence-corrected chi connectivity index (χ1v) is 21.2. The molecule has 1 aromatic heterocycles. The van der Waals surface area contributed by atoms with Crippen molar-refractivity contribution < 1.29 is 32.7 Å². The largest absolute Gasteiger partial charge is 0.414 e. The van der Waals surface area contributed by atoms with E-state index < -0.39 is 58.5 Å². The van der Waals surface area contributed by atoms with E-state index in [0.29, 0.717) is 5.56 Å². The quantitative estimate of drug-likeness (QED) is 0.255. The number of benzene rings is 2. The number of nitrogens with zero attached hydrogens (tertiary/aromatic N) is 2. The van der Waals surface area contributed by atoms with E-state index in [2.05, 4.69) is 55.4 Å². The highest BCUT2D eigenvalue weighted by Crippen LogP contribution is 2.51. The molecule has 0 bridgehead atoms. The van der Waals surface area contributed by atoms with Crippen LogP contribution in [0, 0.1) is 0 Å². The fourth-order valence-electron chi connectivity index (χ4n) is 7.39. The van der Waals surface area contributed by atoms with Crippen molar-refractivity contribution in [1.82, 2.24) is 9.13 Å². The van der Waals surface area contributed by atoms with E-state index in [0.717, 1.165) is 14.7 Å². The number of ether oxygens (including phenoxy) is 2. The molecule has 0 aliphatic carbocycles. The normalized spacial score (nSPS) is 25.8. The number of aliphatic hydroxyl groups excluding tert-OH is 2. The fourth-order valence-corrected chi connectivity index (χ4v) is 18.6. The van der Waals surface area contributed by atoms with Gasteiger partial charge in [-0.1, -0.05) is 116 Å². The summed E-state index contributed by atoms with van der Waals surface area (Å²) in [6.07, 6.45) is -3.77. The summed E-state index contributed by atoms with van der Waals surface area (Å²) in [7, 11) is -6.18. The van der Waals surface area contributed by atoms with Crippen molar-refractivity contribution in [2.45, 2.75) is 121 Å². The Hall–Kier alpha value is -2.73. The minimum atomic E-state index is -3.22. The Labute approximate surface area is 290 Å². The van der Waals surface area contributed by atoms with Crippen LogP contribution >= 0.6 is 0 Å². The summed E-state index contributed by atoms with van der Waals surface area (Å²) in [5, 5.41) is 24.8. The number of aliphatic hydroxyl groups is 2. The topological polar surface area (TPSA) is 131 Å². The predicted octanol–water partition coefficient (Wildman–Crippen LogP) is 5.29. The molecule has 2 aliphatic heterocycles. The lowest BCUT2D eigenvalue weighted by molar-refractivity contribution is -0.213. The van der Waals surface area contributed by atoms with Crippen molar-refractivity contribution in [2.24, 2.45) is 0 Å². The molecular weight excluding hydrogens is 661 g/mol. The monoisotopic (exact) mass is 712 g/mol. The fraction of sp³-hybridized carbons (Fsp3) is 0.556. The van der Waals surface area contributed by atoms with Gasteiger partial charge in [-0.3, -0.25) is 9.36 Å². The van der Waals surface area contributed by atoms with Gasteiger partial charge < -0.3 is 32.7 Å². The summed E-state index contributed by atoms with van der Waals surface area (Å²) in [5.41, 5.74) is -2.16. The van der Waals surface area contributed by atoms with Crippen molar-refractivity contribution in [1.29, 1.82) is 0 Å². The Morgan fingerprint density at radius 1 is 0.857 bits per heavy atom. The maximum absolute atomic E-state index is 14.3. The molecule has 2 N–H and O–H groups in total. The van der Waals surface area contributed by atoms with E-state index in [-0.39, 0.29) is 42.1 Å². The van der Waals surface area contributed by atoms with Gasteiger partial charge in [0.15, 0.2) is 0 Å². The van der Waals surface area contributed by atoms with Crippen LogP contribution in [-0.4, -0.2) is 61.4 Å². The van der Waals surface area contributed by atoms with Crippen LogP contribution in [0.4, 0.5) is 0 Å². The predicted molar refractivity (Wildman–Crippen MR) is 190 cm³/mol. The third-order valence-corrected chi connectivity index (χ3v) is 20.3. The van der Waals surface area contributed by atoms with E-state index in [4.69, 9.17) is 22.4 Å². The van der Waals surface area contributed by atoms with E-state index in [1.807, 2.05) is 30.3 Å². The molecular formula is C36H52N2O9Si2. The molecule has 2 aliphatic rings. The van der Waals surface area contributed by atoms with Crippen LogP contribution in [0.5, 0.6) is 0 Å².